The lowest BCUT2D eigenvalue weighted by molar-refractivity contribution is 0.0365. The molecule has 2 aliphatic heterocycles. The van der Waals surface area contributed by atoms with Crippen LogP contribution in [0.3, 0.4) is 0 Å². The average molecular weight is 327 g/mol. The molecule has 2 heterocycles. The second-order valence-corrected chi connectivity index (χ2v) is 7.53. The zero-order valence-corrected chi connectivity index (χ0v) is 14.2. The Kier molecular flexibility index (Phi) is 3.62. The van der Waals surface area contributed by atoms with Gasteiger partial charge in [0, 0.05) is 16.8 Å². The van der Waals surface area contributed by atoms with Crippen molar-refractivity contribution in [3.05, 3.63) is 65.0 Å². The van der Waals surface area contributed by atoms with Crippen molar-refractivity contribution in [2.45, 2.75) is 44.4 Å². The lowest BCUT2D eigenvalue weighted by atomic mass is 9.82. The topological polar surface area (TPSA) is 30.5 Å². The molecule has 0 aliphatic carbocycles. The maximum Gasteiger partial charge on any atom is 0.148 e. The summed E-state index contributed by atoms with van der Waals surface area (Å²) in [7, 11) is 0. The van der Waals surface area contributed by atoms with E-state index in [2.05, 4.69) is 44.3 Å². The molecule has 0 amide bonds. The van der Waals surface area contributed by atoms with Crippen LogP contribution in [0.1, 0.15) is 49.6 Å². The molecule has 2 aromatic rings. The van der Waals surface area contributed by atoms with Crippen LogP contribution in [0.15, 0.2) is 42.5 Å². The van der Waals surface area contributed by atoms with E-state index in [-0.39, 0.29) is 36.3 Å². The molecule has 2 aliphatic rings. The zero-order valence-electron chi connectivity index (χ0n) is 14.2. The predicted octanol–water partition coefficient (Wildman–Crippen LogP) is 4.70. The highest BCUT2D eigenvalue weighted by atomic mass is 19.1. The van der Waals surface area contributed by atoms with E-state index in [1.165, 1.54) is 11.6 Å². The van der Waals surface area contributed by atoms with Gasteiger partial charge in [-0.15, -0.1) is 0 Å². The van der Waals surface area contributed by atoms with Crippen LogP contribution < -0.4 is 5.32 Å². The lowest BCUT2D eigenvalue weighted by Crippen LogP contribution is -2.35. The number of benzene rings is 2. The molecule has 0 radical (unpaired) electrons. The van der Waals surface area contributed by atoms with Gasteiger partial charge in [0.25, 0.3) is 0 Å². The van der Waals surface area contributed by atoms with Crippen LogP contribution in [-0.4, -0.2) is 12.9 Å². The number of rotatable bonds is 1. The monoisotopic (exact) mass is 327 g/mol. The van der Waals surface area contributed by atoms with Crippen molar-refractivity contribution in [2.24, 2.45) is 0 Å². The van der Waals surface area contributed by atoms with Crippen molar-refractivity contribution >= 4 is 5.69 Å². The highest BCUT2D eigenvalue weighted by Gasteiger charge is 2.43. The molecule has 0 aromatic heterocycles. The van der Waals surface area contributed by atoms with Crippen LogP contribution in [0.5, 0.6) is 0 Å². The van der Waals surface area contributed by atoms with Gasteiger partial charge < -0.3 is 14.8 Å². The van der Waals surface area contributed by atoms with E-state index in [0.717, 1.165) is 11.3 Å². The van der Waals surface area contributed by atoms with Crippen molar-refractivity contribution in [1.29, 1.82) is 0 Å². The first-order chi connectivity index (χ1) is 11.4. The highest BCUT2D eigenvalue weighted by molar-refractivity contribution is 5.59. The lowest BCUT2D eigenvalue weighted by Gasteiger charge is -2.36. The molecule has 4 heteroatoms. The second kappa shape index (κ2) is 5.57. The second-order valence-electron chi connectivity index (χ2n) is 7.53. The molecule has 4 rings (SSSR count). The Bertz CT molecular complexity index is 768. The molecule has 1 saturated heterocycles. The Morgan fingerprint density at radius 1 is 1.04 bits per heavy atom. The maximum atomic E-state index is 14.3. The van der Waals surface area contributed by atoms with E-state index in [1.54, 1.807) is 12.1 Å². The summed E-state index contributed by atoms with van der Waals surface area (Å²) in [4.78, 5) is 0. The number of nitrogens with one attached hydrogen (secondary N) is 1. The fourth-order valence-corrected chi connectivity index (χ4v) is 3.54. The Balaban J connectivity index is 1.78. The van der Waals surface area contributed by atoms with Gasteiger partial charge in [0.1, 0.15) is 24.8 Å². The number of hydrogen-bond donors (Lipinski definition) is 1. The van der Waals surface area contributed by atoms with E-state index < -0.39 is 0 Å². The van der Waals surface area contributed by atoms with Crippen LogP contribution in [0.4, 0.5) is 10.1 Å². The van der Waals surface area contributed by atoms with Crippen molar-refractivity contribution < 1.29 is 13.9 Å². The van der Waals surface area contributed by atoms with E-state index >= 15 is 0 Å². The van der Waals surface area contributed by atoms with Gasteiger partial charge in [-0.1, -0.05) is 51.1 Å². The fourth-order valence-electron chi connectivity index (χ4n) is 3.54. The van der Waals surface area contributed by atoms with Gasteiger partial charge in [0.15, 0.2) is 0 Å². The van der Waals surface area contributed by atoms with Crippen molar-refractivity contribution in [1.82, 2.24) is 0 Å². The molecule has 3 unspecified atom stereocenters. The van der Waals surface area contributed by atoms with Gasteiger partial charge in [-0.3, -0.25) is 0 Å². The van der Waals surface area contributed by atoms with Gasteiger partial charge in [0.2, 0.25) is 0 Å². The summed E-state index contributed by atoms with van der Waals surface area (Å²) in [5, 5.41) is 3.46. The normalized spacial score (nSPS) is 25.8. The molecule has 1 N–H and O–H groups in total. The Labute approximate surface area is 141 Å². The molecule has 3 atom stereocenters. The summed E-state index contributed by atoms with van der Waals surface area (Å²) in [6, 6.07) is 13.0. The number of anilines is 1. The molecular weight excluding hydrogens is 305 g/mol. The predicted molar refractivity (Wildman–Crippen MR) is 91.5 cm³/mol. The molecule has 2 aromatic carbocycles. The van der Waals surface area contributed by atoms with Crippen molar-refractivity contribution in [2.75, 3.05) is 12.1 Å². The van der Waals surface area contributed by atoms with Crippen LogP contribution in [-0.2, 0) is 14.9 Å². The quantitative estimate of drug-likeness (QED) is 0.823. The van der Waals surface area contributed by atoms with Gasteiger partial charge >= 0.3 is 0 Å². The number of fused-ring (bicyclic) bond motifs is 3. The molecular formula is C20H22FNO2. The molecule has 24 heavy (non-hydrogen) atoms. The van der Waals surface area contributed by atoms with Gasteiger partial charge in [0.05, 0.1) is 6.04 Å². The van der Waals surface area contributed by atoms with Crippen molar-refractivity contribution in [3.8, 4) is 0 Å². The molecule has 126 valence electrons. The summed E-state index contributed by atoms with van der Waals surface area (Å²) in [6.45, 7) is 6.81. The summed E-state index contributed by atoms with van der Waals surface area (Å²) in [5.74, 6) is -0.223. The third-order valence-electron chi connectivity index (χ3n) is 4.91. The van der Waals surface area contributed by atoms with E-state index in [4.69, 9.17) is 9.47 Å². The standard InChI is InChI=1S/C20H22FNO2/c1-20(2,3)12-8-9-16-14(10-12)18-19(24-11-23-18)17(22-16)13-6-4-5-7-15(13)21/h4-10,17-19,22H,11H2,1-3H3. The smallest absolute Gasteiger partial charge is 0.148 e. The molecule has 0 bridgehead atoms. The summed E-state index contributed by atoms with van der Waals surface area (Å²) >= 11 is 0. The minimum Gasteiger partial charge on any atom is -0.375 e. The first kappa shape index (κ1) is 15.6. The summed E-state index contributed by atoms with van der Waals surface area (Å²) < 4.78 is 26.0. The number of halogens is 1. The largest absolute Gasteiger partial charge is 0.375 e. The van der Waals surface area contributed by atoms with E-state index in [1.807, 2.05) is 6.07 Å². The zero-order chi connectivity index (χ0) is 16.9. The van der Waals surface area contributed by atoms with Gasteiger partial charge in [-0.05, 0) is 23.1 Å². The van der Waals surface area contributed by atoms with Crippen molar-refractivity contribution in [3.63, 3.8) is 0 Å². The van der Waals surface area contributed by atoms with Crippen LogP contribution >= 0.6 is 0 Å². The third kappa shape index (κ3) is 2.50. The van der Waals surface area contributed by atoms with Gasteiger partial charge in [-0.25, -0.2) is 4.39 Å². The minimum atomic E-state index is -0.258. The molecule has 0 spiro atoms. The summed E-state index contributed by atoms with van der Waals surface area (Å²) in [5.41, 5.74) is 4.01. The Morgan fingerprint density at radius 3 is 2.58 bits per heavy atom. The number of hydrogen-bond acceptors (Lipinski definition) is 3. The van der Waals surface area contributed by atoms with Crippen LogP contribution in [0.25, 0.3) is 0 Å². The first-order valence-corrected chi connectivity index (χ1v) is 8.34. The third-order valence-corrected chi connectivity index (χ3v) is 4.91. The minimum absolute atomic E-state index is 0.0619. The molecule has 0 saturated carbocycles. The summed E-state index contributed by atoms with van der Waals surface area (Å²) in [6.07, 6.45) is -0.405. The molecule has 1 fully saturated rings. The number of ether oxygens (including phenoxy) is 2. The van der Waals surface area contributed by atoms with E-state index in [9.17, 15) is 4.39 Å². The highest BCUT2D eigenvalue weighted by Crippen LogP contribution is 2.46. The first-order valence-electron chi connectivity index (χ1n) is 8.34. The maximum absolute atomic E-state index is 14.3. The Hall–Kier alpha value is -1.91. The van der Waals surface area contributed by atoms with Gasteiger partial charge in [-0.2, -0.15) is 0 Å². The average Bonchev–Trinajstić information content (AvgIpc) is 3.03. The Morgan fingerprint density at radius 2 is 1.83 bits per heavy atom. The van der Waals surface area contributed by atoms with E-state index in [0.29, 0.717) is 5.56 Å². The fraction of sp³-hybridized carbons (Fsp3) is 0.400. The van der Waals surface area contributed by atoms with Crippen LogP contribution in [0, 0.1) is 5.82 Å². The SMILES string of the molecule is CC(C)(C)c1ccc2c(c1)C1OCOC1C(c1ccccc1F)N2. The molecule has 3 nitrogen and oxygen atoms in total. The van der Waals surface area contributed by atoms with Crippen LogP contribution in [0.2, 0.25) is 0 Å².